The largest absolute Gasteiger partial charge is 0.464 e. The quantitative estimate of drug-likeness (QED) is 0.285. The Labute approximate surface area is 231 Å². The maximum absolute atomic E-state index is 13.8. The van der Waals surface area contributed by atoms with E-state index in [1.54, 1.807) is 54.6 Å². The molecule has 0 spiro atoms. The summed E-state index contributed by atoms with van der Waals surface area (Å²) in [6.45, 7) is 0.00198. The Hall–Kier alpha value is -3.86. The van der Waals surface area contributed by atoms with Crippen molar-refractivity contribution in [3.8, 4) is 0 Å². The summed E-state index contributed by atoms with van der Waals surface area (Å²) >= 11 is 0. The summed E-state index contributed by atoms with van der Waals surface area (Å²) in [7, 11) is -4.03. The Balaban J connectivity index is 1.47. The Morgan fingerprint density at radius 1 is 0.950 bits per heavy atom. The summed E-state index contributed by atoms with van der Waals surface area (Å²) in [5, 5.41) is 0.376. The molecular weight excluding hydrogens is 535 g/mol. The predicted octanol–water partition coefficient (Wildman–Crippen LogP) is 4.33. The molecule has 1 fully saturated rings. The van der Waals surface area contributed by atoms with Crippen molar-refractivity contribution in [1.82, 2.24) is 9.21 Å². The number of nitrogens with zero attached hydrogens (tertiary/aromatic N) is 2. The lowest BCUT2D eigenvalue weighted by Crippen LogP contribution is -2.45. The number of rotatable bonds is 10. The first-order valence-corrected chi connectivity index (χ1v) is 14.4. The number of benzene rings is 3. The molecule has 1 amide bonds. The third kappa shape index (κ3) is 6.30. The van der Waals surface area contributed by atoms with E-state index in [4.69, 9.17) is 9.15 Å². The van der Waals surface area contributed by atoms with Gasteiger partial charge in [0.2, 0.25) is 15.9 Å². The molecule has 0 unspecified atom stereocenters. The zero-order valence-corrected chi connectivity index (χ0v) is 22.6. The number of hydrogen-bond acceptors (Lipinski definition) is 6. The highest BCUT2D eigenvalue weighted by molar-refractivity contribution is 7.89. The van der Waals surface area contributed by atoms with E-state index in [0.29, 0.717) is 29.6 Å². The van der Waals surface area contributed by atoms with Gasteiger partial charge in [0.15, 0.2) is 5.43 Å². The average Bonchev–Trinajstić information content (AvgIpc) is 3.48. The van der Waals surface area contributed by atoms with Crippen LogP contribution >= 0.6 is 0 Å². The van der Waals surface area contributed by atoms with E-state index in [2.05, 4.69) is 0 Å². The molecule has 2 heterocycles. The molecule has 3 aromatic carbocycles. The van der Waals surface area contributed by atoms with Gasteiger partial charge in [0.05, 0.1) is 41.3 Å². The minimum absolute atomic E-state index is 0.0193. The molecule has 5 rings (SSSR count). The van der Waals surface area contributed by atoms with Crippen LogP contribution in [0.5, 0.6) is 0 Å². The van der Waals surface area contributed by atoms with Crippen molar-refractivity contribution in [3.05, 3.63) is 112 Å². The number of halogens is 1. The lowest BCUT2D eigenvalue weighted by Gasteiger charge is -2.28. The highest BCUT2D eigenvalue weighted by Crippen LogP contribution is 2.21. The van der Waals surface area contributed by atoms with Crippen LogP contribution in [0.25, 0.3) is 11.0 Å². The van der Waals surface area contributed by atoms with E-state index in [1.807, 2.05) is 0 Å². The van der Waals surface area contributed by atoms with Crippen LogP contribution in [0.4, 0.5) is 4.39 Å². The van der Waals surface area contributed by atoms with Crippen LogP contribution in [0.2, 0.25) is 0 Å². The second-order valence-electron chi connectivity index (χ2n) is 9.71. The van der Waals surface area contributed by atoms with E-state index in [0.717, 1.165) is 10.7 Å². The first kappa shape index (κ1) is 27.7. The van der Waals surface area contributed by atoms with E-state index in [1.165, 1.54) is 35.4 Å². The molecule has 208 valence electrons. The minimum Gasteiger partial charge on any atom is -0.464 e. The number of amides is 1. The molecule has 1 aromatic heterocycles. The molecule has 0 bridgehead atoms. The first-order chi connectivity index (χ1) is 19.3. The van der Waals surface area contributed by atoms with Gasteiger partial charge in [0.25, 0.3) is 0 Å². The summed E-state index contributed by atoms with van der Waals surface area (Å²) in [6, 6.07) is 20.4. The second kappa shape index (κ2) is 12.1. The fourth-order valence-corrected chi connectivity index (χ4v) is 6.17. The van der Waals surface area contributed by atoms with Crippen LogP contribution in [-0.4, -0.2) is 49.3 Å². The molecule has 8 nitrogen and oxygen atoms in total. The average molecular weight is 565 g/mol. The SMILES string of the molecule is O=C(CN(C[C@@H]1CCCO1)S(=O)(=O)c1ccccc1)N(Cc1ccc(F)cc1)Cc1coc2ccccc2c1=O. The van der Waals surface area contributed by atoms with Gasteiger partial charge in [-0.15, -0.1) is 0 Å². The standard InChI is InChI=1S/C30H29FN2O6S/c31-24-14-12-22(13-15-24)17-32(18-23-21-39-28-11-5-4-10-27(28)30(23)35)29(34)20-33(19-25-7-6-16-38-25)40(36,37)26-8-2-1-3-9-26/h1-5,8-15,21,25H,6-7,16-20H2/t25-/m0/s1. The van der Waals surface area contributed by atoms with Gasteiger partial charge in [-0.2, -0.15) is 4.31 Å². The van der Waals surface area contributed by atoms with Gasteiger partial charge in [-0.05, 0) is 54.8 Å². The Morgan fingerprint density at radius 2 is 1.68 bits per heavy atom. The molecule has 10 heteroatoms. The van der Waals surface area contributed by atoms with E-state index in [9.17, 15) is 22.4 Å². The number of ether oxygens (including phenoxy) is 1. The van der Waals surface area contributed by atoms with Crippen molar-refractivity contribution in [3.63, 3.8) is 0 Å². The zero-order chi connectivity index (χ0) is 28.1. The minimum atomic E-state index is -4.03. The summed E-state index contributed by atoms with van der Waals surface area (Å²) in [5.41, 5.74) is 0.999. The van der Waals surface area contributed by atoms with Gasteiger partial charge in [0.1, 0.15) is 11.4 Å². The predicted molar refractivity (Wildman–Crippen MR) is 147 cm³/mol. The molecule has 0 radical (unpaired) electrons. The van der Waals surface area contributed by atoms with E-state index in [-0.39, 0.29) is 41.6 Å². The second-order valence-corrected chi connectivity index (χ2v) is 11.6. The van der Waals surface area contributed by atoms with Crippen LogP contribution in [0.1, 0.15) is 24.0 Å². The lowest BCUT2D eigenvalue weighted by molar-refractivity contribution is -0.132. The number of sulfonamides is 1. The Morgan fingerprint density at radius 3 is 2.40 bits per heavy atom. The van der Waals surface area contributed by atoms with Crippen LogP contribution < -0.4 is 5.43 Å². The topological polar surface area (TPSA) is 97.1 Å². The van der Waals surface area contributed by atoms with Gasteiger partial charge < -0.3 is 14.1 Å². The normalized spacial score (nSPS) is 15.5. The number of hydrogen-bond donors (Lipinski definition) is 0. The van der Waals surface area contributed by atoms with Crippen molar-refractivity contribution in [2.24, 2.45) is 0 Å². The fraction of sp³-hybridized carbons (Fsp3) is 0.267. The molecule has 1 aliphatic rings. The molecule has 1 aliphatic heterocycles. The lowest BCUT2D eigenvalue weighted by atomic mass is 10.1. The molecular formula is C30H29FN2O6S. The number of fused-ring (bicyclic) bond motifs is 1. The molecule has 40 heavy (non-hydrogen) atoms. The first-order valence-electron chi connectivity index (χ1n) is 13.0. The van der Waals surface area contributed by atoms with Crippen LogP contribution in [0.3, 0.4) is 0 Å². The summed E-state index contributed by atoms with van der Waals surface area (Å²) < 4.78 is 53.3. The number of para-hydroxylation sites is 1. The van der Waals surface area contributed by atoms with Crippen LogP contribution in [0.15, 0.2) is 99.2 Å². The van der Waals surface area contributed by atoms with Crippen molar-refractivity contribution in [1.29, 1.82) is 0 Å². The highest BCUT2D eigenvalue weighted by atomic mass is 32.2. The monoisotopic (exact) mass is 564 g/mol. The molecule has 1 atom stereocenters. The van der Waals surface area contributed by atoms with Gasteiger partial charge in [0, 0.05) is 19.7 Å². The van der Waals surface area contributed by atoms with Gasteiger partial charge in [-0.1, -0.05) is 42.5 Å². The fourth-order valence-electron chi connectivity index (χ4n) is 4.73. The van der Waals surface area contributed by atoms with Gasteiger partial charge in [-0.3, -0.25) is 9.59 Å². The maximum atomic E-state index is 13.8. The smallest absolute Gasteiger partial charge is 0.243 e. The number of carbonyl (C=O) groups is 1. The summed E-state index contributed by atoms with van der Waals surface area (Å²) in [4.78, 5) is 28.5. The van der Waals surface area contributed by atoms with Crippen molar-refractivity contribution in [2.75, 3.05) is 19.7 Å². The Kier molecular flexibility index (Phi) is 8.39. The third-order valence-electron chi connectivity index (χ3n) is 6.88. The summed E-state index contributed by atoms with van der Waals surface area (Å²) in [6.07, 6.45) is 2.49. The van der Waals surface area contributed by atoms with Gasteiger partial charge >= 0.3 is 0 Å². The van der Waals surface area contributed by atoms with Crippen molar-refractivity contribution < 1.29 is 26.8 Å². The molecule has 0 N–H and O–H groups in total. The van der Waals surface area contributed by atoms with Crippen molar-refractivity contribution >= 4 is 26.9 Å². The highest BCUT2D eigenvalue weighted by Gasteiger charge is 2.32. The van der Waals surface area contributed by atoms with Crippen molar-refractivity contribution in [2.45, 2.75) is 36.9 Å². The van der Waals surface area contributed by atoms with E-state index < -0.39 is 28.3 Å². The molecule has 0 aliphatic carbocycles. The third-order valence-corrected chi connectivity index (χ3v) is 8.70. The summed E-state index contributed by atoms with van der Waals surface area (Å²) in [5.74, 6) is -0.942. The Bertz CT molecular complexity index is 1630. The number of carbonyl (C=O) groups excluding carboxylic acids is 1. The maximum Gasteiger partial charge on any atom is 0.243 e. The van der Waals surface area contributed by atoms with E-state index >= 15 is 0 Å². The zero-order valence-electron chi connectivity index (χ0n) is 21.7. The molecule has 1 saturated heterocycles. The van der Waals surface area contributed by atoms with Crippen LogP contribution in [-0.2, 0) is 32.6 Å². The van der Waals surface area contributed by atoms with Gasteiger partial charge in [-0.25, -0.2) is 12.8 Å². The molecule has 0 saturated carbocycles. The van der Waals surface area contributed by atoms with Crippen LogP contribution in [0, 0.1) is 5.82 Å². The molecule has 4 aromatic rings.